The Bertz CT molecular complexity index is 742. The lowest BCUT2D eigenvalue weighted by molar-refractivity contribution is 0.0939. The van der Waals surface area contributed by atoms with Crippen LogP contribution in [0.1, 0.15) is 48.9 Å². The summed E-state index contributed by atoms with van der Waals surface area (Å²) in [6.45, 7) is 5.93. The van der Waals surface area contributed by atoms with E-state index in [1.807, 2.05) is 27.0 Å². The van der Waals surface area contributed by atoms with E-state index in [1.165, 1.54) is 11.3 Å². The van der Waals surface area contributed by atoms with Gasteiger partial charge in [0.15, 0.2) is 0 Å². The number of hydrogen-bond donors (Lipinski definition) is 1. The summed E-state index contributed by atoms with van der Waals surface area (Å²) in [7, 11) is 0. The first-order valence-corrected chi connectivity index (χ1v) is 7.56. The van der Waals surface area contributed by atoms with Crippen molar-refractivity contribution in [2.24, 2.45) is 0 Å². The maximum Gasteiger partial charge on any atom is 0.254 e. The van der Waals surface area contributed by atoms with E-state index in [1.54, 1.807) is 27.1 Å². The molecule has 0 fully saturated rings. The third kappa shape index (κ3) is 2.66. The fraction of sp³-hybridized carbons (Fsp3) is 0.385. The van der Waals surface area contributed by atoms with Crippen molar-refractivity contribution in [3.63, 3.8) is 0 Å². The quantitative estimate of drug-likeness (QED) is 0.800. The average Bonchev–Trinajstić information content (AvgIpc) is 3.13. The predicted octanol–water partition coefficient (Wildman–Crippen LogP) is 2.06. The zero-order valence-electron chi connectivity index (χ0n) is 12.0. The molecular weight excluding hydrogens is 288 g/mol. The number of hydrogen-bond acceptors (Lipinski definition) is 5. The Kier molecular flexibility index (Phi) is 3.46. The van der Waals surface area contributed by atoms with Crippen LogP contribution in [0.15, 0.2) is 24.1 Å². The highest BCUT2D eigenvalue weighted by molar-refractivity contribution is 7.14. The van der Waals surface area contributed by atoms with E-state index in [0.717, 1.165) is 10.7 Å². The van der Waals surface area contributed by atoms with E-state index < -0.39 is 0 Å². The van der Waals surface area contributed by atoms with E-state index in [0.29, 0.717) is 5.56 Å². The van der Waals surface area contributed by atoms with Gasteiger partial charge in [-0.2, -0.15) is 10.2 Å². The fourth-order valence-electron chi connectivity index (χ4n) is 1.96. The molecule has 3 heterocycles. The molecule has 0 saturated heterocycles. The summed E-state index contributed by atoms with van der Waals surface area (Å²) in [4.78, 5) is 17.5. The number of imidazole rings is 1. The molecule has 0 radical (unpaired) electrons. The van der Waals surface area contributed by atoms with Gasteiger partial charge in [-0.15, -0.1) is 0 Å². The van der Waals surface area contributed by atoms with Crippen LogP contribution in [0.4, 0.5) is 0 Å². The number of amides is 1. The van der Waals surface area contributed by atoms with Crippen molar-refractivity contribution >= 4 is 22.2 Å². The predicted molar refractivity (Wildman–Crippen MR) is 79.4 cm³/mol. The number of fused-ring (bicyclic) bond motifs is 1. The first-order valence-electron chi connectivity index (χ1n) is 6.68. The monoisotopic (exact) mass is 304 g/mol. The van der Waals surface area contributed by atoms with Crippen molar-refractivity contribution in [3.05, 3.63) is 35.4 Å². The minimum atomic E-state index is -0.186. The summed E-state index contributed by atoms with van der Waals surface area (Å²) in [5.74, 6) is -0.154. The second-order valence-electron chi connectivity index (χ2n) is 5.13. The van der Waals surface area contributed by atoms with Crippen LogP contribution in [0.25, 0.3) is 4.96 Å². The largest absolute Gasteiger partial charge is 0.344 e. The van der Waals surface area contributed by atoms with Crippen molar-refractivity contribution in [2.45, 2.75) is 32.9 Å². The molecule has 1 N–H and O–H groups in total. The standard InChI is InChI=1S/C13H16N6OS/c1-8(2)18-5-10(4-14-18)12(20)16-9(3)11-6-19-13(17-11)21-7-15-19/h4-9H,1-3H3,(H,16,20). The molecule has 8 heteroatoms. The summed E-state index contributed by atoms with van der Waals surface area (Å²) < 4.78 is 3.47. The third-order valence-corrected chi connectivity index (χ3v) is 3.88. The van der Waals surface area contributed by atoms with Gasteiger partial charge >= 0.3 is 0 Å². The lowest BCUT2D eigenvalue weighted by Gasteiger charge is -2.10. The molecule has 1 atom stereocenters. The molecule has 1 unspecified atom stereocenters. The van der Waals surface area contributed by atoms with Gasteiger partial charge < -0.3 is 5.32 Å². The number of nitrogens with one attached hydrogen (secondary N) is 1. The third-order valence-electron chi connectivity index (χ3n) is 3.19. The van der Waals surface area contributed by atoms with Gasteiger partial charge in [0.2, 0.25) is 4.96 Å². The van der Waals surface area contributed by atoms with Crippen molar-refractivity contribution < 1.29 is 4.79 Å². The van der Waals surface area contributed by atoms with Crippen molar-refractivity contribution in [3.8, 4) is 0 Å². The average molecular weight is 304 g/mol. The summed E-state index contributed by atoms with van der Waals surface area (Å²) in [5.41, 5.74) is 3.07. The van der Waals surface area contributed by atoms with Crippen LogP contribution in [0.5, 0.6) is 0 Å². The number of nitrogens with zero attached hydrogens (tertiary/aromatic N) is 5. The number of carbonyl (C=O) groups is 1. The zero-order chi connectivity index (χ0) is 15.0. The van der Waals surface area contributed by atoms with Gasteiger partial charge in [-0.3, -0.25) is 9.48 Å². The SMILES string of the molecule is CC(NC(=O)c1cnn(C(C)C)c1)c1cn2ncsc2n1. The number of aromatic nitrogens is 5. The zero-order valence-corrected chi connectivity index (χ0v) is 12.8. The summed E-state index contributed by atoms with van der Waals surface area (Å²) in [5, 5.41) is 11.2. The Morgan fingerprint density at radius 3 is 2.76 bits per heavy atom. The minimum Gasteiger partial charge on any atom is -0.344 e. The second kappa shape index (κ2) is 5.28. The first-order chi connectivity index (χ1) is 10.0. The summed E-state index contributed by atoms with van der Waals surface area (Å²) in [6, 6.07) is 0.0452. The van der Waals surface area contributed by atoms with Gasteiger partial charge in [0.05, 0.1) is 29.7 Å². The van der Waals surface area contributed by atoms with Crippen LogP contribution in [0.3, 0.4) is 0 Å². The Morgan fingerprint density at radius 1 is 1.29 bits per heavy atom. The van der Waals surface area contributed by atoms with Crippen molar-refractivity contribution in [1.82, 2.24) is 29.7 Å². The summed E-state index contributed by atoms with van der Waals surface area (Å²) in [6.07, 6.45) is 5.16. The van der Waals surface area contributed by atoms with Crippen molar-refractivity contribution in [2.75, 3.05) is 0 Å². The van der Waals surface area contributed by atoms with Crippen LogP contribution >= 0.6 is 11.3 Å². The molecular formula is C13H16N6OS. The Hall–Kier alpha value is -2.22. The van der Waals surface area contributed by atoms with Gasteiger partial charge in [-0.25, -0.2) is 9.50 Å². The van der Waals surface area contributed by atoms with Gasteiger partial charge in [0.25, 0.3) is 5.91 Å². The minimum absolute atomic E-state index is 0.154. The lowest BCUT2D eigenvalue weighted by atomic mass is 10.2. The molecule has 0 bridgehead atoms. The van der Waals surface area contributed by atoms with E-state index in [9.17, 15) is 4.79 Å². The molecule has 7 nitrogen and oxygen atoms in total. The molecule has 3 aromatic rings. The highest BCUT2D eigenvalue weighted by Gasteiger charge is 2.16. The maximum absolute atomic E-state index is 12.2. The smallest absolute Gasteiger partial charge is 0.254 e. The Morgan fingerprint density at radius 2 is 2.10 bits per heavy atom. The molecule has 0 aliphatic carbocycles. The second-order valence-corrected chi connectivity index (χ2v) is 5.94. The molecule has 1 amide bonds. The van der Waals surface area contributed by atoms with Gasteiger partial charge in [0.1, 0.15) is 5.51 Å². The van der Waals surface area contributed by atoms with E-state index in [-0.39, 0.29) is 18.0 Å². The number of rotatable bonds is 4. The van der Waals surface area contributed by atoms with Gasteiger partial charge in [-0.1, -0.05) is 11.3 Å². The molecule has 0 aliphatic rings. The molecule has 3 rings (SSSR count). The van der Waals surface area contributed by atoms with Crippen LogP contribution in [0.2, 0.25) is 0 Å². The summed E-state index contributed by atoms with van der Waals surface area (Å²) >= 11 is 1.46. The normalized spacial score (nSPS) is 13.0. The molecule has 0 saturated carbocycles. The Labute approximate surface area is 125 Å². The van der Waals surface area contributed by atoms with Crippen LogP contribution < -0.4 is 5.32 Å². The topological polar surface area (TPSA) is 77.1 Å². The molecule has 110 valence electrons. The number of carbonyl (C=O) groups excluding carboxylic acids is 1. The highest BCUT2D eigenvalue weighted by atomic mass is 32.1. The lowest BCUT2D eigenvalue weighted by Crippen LogP contribution is -2.26. The van der Waals surface area contributed by atoms with E-state index >= 15 is 0 Å². The Balaban J connectivity index is 1.72. The van der Waals surface area contributed by atoms with Crippen molar-refractivity contribution in [1.29, 1.82) is 0 Å². The van der Waals surface area contributed by atoms with Gasteiger partial charge in [-0.05, 0) is 20.8 Å². The molecule has 0 aromatic carbocycles. The molecule has 0 aliphatic heterocycles. The van der Waals surface area contributed by atoms with Gasteiger partial charge in [0, 0.05) is 12.2 Å². The van der Waals surface area contributed by atoms with E-state index in [4.69, 9.17) is 0 Å². The maximum atomic E-state index is 12.2. The first kappa shape index (κ1) is 13.7. The molecule has 21 heavy (non-hydrogen) atoms. The highest BCUT2D eigenvalue weighted by Crippen LogP contribution is 2.16. The fourth-order valence-corrected chi connectivity index (χ4v) is 2.56. The van der Waals surface area contributed by atoms with Crippen LogP contribution in [-0.2, 0) is 0 Å². The van der Waals surface area contributed by atoms with Crippen LogP contribution in [-0.4, -0.2) is 30.3 Å². The molecule has 0 spiro atoms. The van der Waals surface area contributed by atoms with Crippen LogP contribution in [0, 0.1) is 0 Å². The molecule has 3 aromatic heterocycles. The van der Waals surface area contributed by atoms with E-state index in [2.05, 4.69) is 20.5 Å².